The molecule has 3 aromatic carbocycles. The number of rotatable bonds is 5. The molecule has 148 valence electrons. The third-order valence-electron chi connectivity index (χ3n) is 5.37. The Kier molecular flexibility index (Phi) is 5.49. The van der Waals surface area contributed by atoms with Crippen LogP contribution >= 0.6 is 0 Å². The van der Waals surface area contributed by atoms with E-state index in [0.29, 0.717) is 13.0 Å². The lowest BCUT2D eigenvalue weighted by Crippen LogP contribution is -2.39. The number of benzene rings is 3. The van der Waals surface area contributed by atoms with Gasteiger partial charge in [-0.25, -0.2) is 8.42 Å². The Bertz CT molecular complexity index is 1150. The number of carbonyl (C=O) groups excluding carboxylic acids is 1. The summed E-state index contributed by atoms with van der Waals surface area (Å²) in [6, 6.07) is 23.4. The Morgan fingerprint density at radius 2 is 1.69 bits per heavy atom. The van der Waals surface area contributed by atoms with Crippen molar-refractivity contribution in [2.45, 2.75) is 19.0 Å². The molecule has 0 unspecified atom stereocenters. The van der Waals surface area contributed by atoms with E-state index in [9.17, 15) is 13.2 Å². The summed E-state index contributed by atoms with van der Waals surface area (Å²) in [5.74, 6) is 0.00565. The molecule has 0 aliphatic carbocycles. The lowest BCUT2D eigenvalue weighted by atomic mass is 10.0. The van der Waals surface area contributed by atoms with E-state index in [-0.39, 0.29) is 23.5 Å². The van der Waals surface area contributed by atoms with Gasteiger partial charge in [-0.2, -0.15) is 0 Å². The molecule has 1 saturated heterocycles. The summed E-state index contributed by atoms with van der Waals surface area (Å²) in [5, 5.41) is 2.19. The maximum absolute atomic E-state index is 13.1. The van der Waals surface area contributed by atoms with Gasteiger partial charge in [-0.05, 0) is 34.4 Å². The number of hydrogen-bond acceptors (Lipinski definition) is 3. The normalized spacial score (nSPS) is 18.3. The minimum atomic E-state index is -3.09. The minimum absolute atomic E-state index is 0.0304. The summed E-state index contributed by atoms with van der Waals surface area (Å²) >= 11 is 0. The number of fused-ring (bicyclic) bond motifs is 1. The van der Waals surface area contributed by atoms with Crippen molar-refractivity contribution in [2.75, 3.05) is 11.5 Å². The van der Waals surface area contributed by atoms with E-state index in [1.807, 2.05) is 72.8 Å². The van der Waals surface area contributed by atoms with Gasteiger partial charge < -0.3 is 4.90 Å². The largest absolute Gasteiger partial charge is 0.331 e. The maximum Gasteiger partial charge on any atom is 0.247 e. The second kappa shape index (κ2) is 8.21. The molecule has 0 N–H and O–H groups in total. The summed E-state index contributed by atoms with van der Waals surface area (Å²) < 4.78 is 24.1. The first-order valence-electron chi connectivity index (χ1n) is 9.73. The fourth-order valence-corrected chi connectivity index (χ4v) is 5.58. The zero-order valence-electron chi connectivity index (χ0n) is 16.1. The van der Waals surface area contributed by atoms with Crippen LogP contribution in [0.5, 0.6) is 0 Å². The molecule has 1 heterocycles. The zero-order valence-corrected chi connectivity index (χ0v) is 16.9. The summed E-state index contributed by atoms with van der Waals surface area (Å²) in [4.78, 5) is 14.8. The third-order valence-corrected chi connectivity index (χ3v) is 7.12. The van der Waals surface area contributed by atoms with E-state index in [1.54, 1.807) is 17.1 Å². The zero-order chi connectivity index (χ0) is 20.3. The second-order valence-electron chi connectivity index (χ2n) is 7.41. The fraction of sp³-hybridized carbons (Fsp3) is 0.208. The molecule has 3 aromatic rings. The van der Waals surface area contributed by atoms with Crippen molar-refractivity contribution in [1.29, 1.82) is 0 Å². The highest BCUT2D eigenvalue weighted by Gasteiger charge is 2.34. The molecular formula is C24H23NO3S. The van der Waals surface area contributed by atoms with Crippen molar-refractivity contribution in [3.05, 3.63) is 90.0 Å². The van der Waals surface area contributed by atoms with Crippen LogP contribution in [0.25, 0.3) is 16.8 Å². The van der Waals surface area contributed by atoms with Crippen molar-refractivity contribution in [3.63, 3.8) is 0 Å². The number of sulfone groups is 1. The van der Waals surface area contributed by atoms with Crippen molar-refractivity contribution in [2.24, 2.45) is 0 Å². The lowest BCUT2D eigenvalue weighted by molar-refractivity contribution is -0.128. The second-order valence-corrected chi connectivity index (χ2v) is 9.63. The summed E-state index contributed by atoms with van der Waals surface area (Å²) in [7, 11) is -3.09. The van der Waals surface area contributed by atoms with Crippen LogP contribution in [0.1, 0.15) is 17.5 Å². The van der Waals surface area contributed by atoms with E-state index in [1.165, 1.54) is 0 Å². The highest BCUT2D eigenvalue weighted by molar-refractivity contribution is 7.91. The molecule has 0 bridgehead atoms. The molecule has 1 aliphatic heterocycles. The molecule has 1 aliphatic rings. The molecule has 0 aromatic heterocycles. The van der Waals surface area contributed by atoms with Crippen LogP contribution in [0.4, 0.5) is 0 Å². The van der Waals surface area contributed by atoms with Gasteiger partial charge in [0.25, 0.3) is 0 Å². The Balaban J connectivity index is 1.65. The Labute approximate surface area is 171 Å². The molecule has 0 spiro atoms. The van der Waals surface area contributed by atoms with Crippen molar-refractivity contribution in [1.82, 2.24) is 4.90 Å². The predicted molar refractivity (Wildman–Crippen MR) is 117 cm³/mol. The van der Waals surface area contributed by atoms with Gasteiger partial charge >= 0.3 is 0 Å². The smallest absolute Gasteiger partial charge is 0.247 e. The quantitative estimate of drug-likeness (QED) is 0.602. The number of hydrogen-bond donors (Lipinski definition) is 0. The van der Waals surface area contributed by atoms with Gasteiger partial charge in [0.2, 0.25) is 5.91 Å². The topological polar surface area (TPSA) is 54.5 Å². The van der Waals surface area contributed by atoms with Crippen LogP contribution in [-0.4, -0.2) is 36.8 Å². The van der Waals surface area contributed by atoms with E-state index in [2.05, 4.69) is 0 Å². The lowest BCUT2D eigenvalue weighted by Gasteiger charge is -2.28. The van der Waals surface area contributed by atoms with Crippen molar-refractivity contribution in [3.8, 4) is 0 Å². The minimum Gasteiger partial charge on any atom is -0.331 e. The number of nitrogens with zero attached hydrogens (tertiary/aromatic N) is 1. The standard InChI is InChI=1S/C24H23NO3S/c26-24(14-13-19-7-2-1-3-8-19)25(22-15-16-29(27,28)18-22)17-21-11-6-10-20-9-4-5-12-23(20)21/h1-14,22H,15-18H2/b14-13+/t22-/m1/s1. The van der Waals surface area contributed by atoms with Crippen LogP contribution in [0, 0.1) is 0 Å². The number of amides is 1. The van der Waals surface area contributed by atoms with Crippen molar-refractivity contribution < 1.29 is 13.2 Å². The Morgan fingerprint density at radius 3 is 2.45 bits per heavy atom. The van der Waals surface area contributed by atoms with Crippen molar-refractivity contribution >= 4 is 32.6 Å². The molecular weight excluding hydrogens is 382 g/mol. The van der Waals surface area contributed by atoms with Crippen LogP contribution < -0.4 is 0 Å². The predicted octanol–water partition coefficient (Wildman–Crippen LogP) is 4.07. The Morgan fingerprint density at radius 1 is 0.966 bits per heavy atom. The van der Waals surface area contributed by atoms with Gasteiger partial charge in [0.15, 0.2) is 9.84 Å². The highest BCUT2D eigenvalue weighted by Crippen LogP contribution is 2.25. The molecule has 4 nitrogen and oxygen atoms in total. The average molecular weight is 406 g/mol. The van der Waals surface area contributed by atoms with Crippen LogP contribution in [0.2, 0.25) is 0 Å². The molecule has 29 heavy (non-hydrogen) atoms. The molecule has 1 fully saturated rings. The van der Waals surface area contributed by atoms with Gasteiger partial charge in [0.1, 0.15) is 0 Å². The van der Waals surface area contributed by atoms with Gasteiger partial charge in [-0.15, -0.1) is 0 Å². The summed E-state index contributed by atoms with van der Waals surface area (Å²) in [6.45, 7) is 0.388. The fourth-order valence-electron chi connectivity index (χ4n) is 3.85. The maximum atomic E-state index is 13.1. The van der Waals surface area contributed by atoms with E-state index in [0.717, 1.165) is 21.9 Å². The molecule has 1 amide bonds. The molecule has 0 saturated carbocycles. The summed E-state index contributed by atoms with van der Waals surface area (Å²) in [6.07, 6.45) is 3.81. The first kappa shape index (κ1) is 19.4. The first-order chi connectivity index (χ1) is 14.0. The van der Waals surface area contributed by atoms with Crippen LogP contribution in [0.3, 0.4) is 0 Å². The van der Waals surface area contributed by atoms with Gasteiger partial charge in [0, 0.05) is 18.7 Å². The van der Waals surface area contributed by atoms with E-state index in [4.69, 9.17) is 0 Å². The van der Waals surface area contributed by atoms with Gasteiger partial charge in [-0.1, -0.05) is 72.8 Å². The third kappa shape index (κ3) is 4.57. The van der Waals surface area contributed by atoms with Gasteiger partial charge in [-0.3, -0.25) is 4.79 Å². The first-order valence-corrected chi connectivity index (χ1v) is 11.5. The van der Waals surface area contributed by atoms with Crippen LogP contribution in [-0.2, 0) is 21.2 Å². The molecule has 0 radical (unpaired) electrons. The SMILES string of the molecule is O=C(/C=C/c1ccccc1)N(Cc1cccc2ccccc12)[C@@H]1CCS(=O)(=O)C1. The molecule has 4 rings (SSSR count). The van der Waals surface area contributed by atoms with Crippen LogP contribution in [0.15, 0.2) is 78.9 Å². The van der Waals surface area contributed by atoms with E-state index >= 15 is 0 Å². The van der Waals surface area contributed by atoms with E-state index < -0.39 is 9.84 Å². The highest BCUT2D eigenvalue weighted by atomic mass is 32.2. The molecule has 5 heteroatoms. The average Bonchev–Trinajstić information content (AvgIpc) is 3.10. The Hall–Kier alpha value is -2.92. The number of carbonyl (C=O) groups is 1. The van der Waals surface area contributed by atoms with Gasteiger partial charge in [0.05, 0.1) is 11.5 Å². The monoisotopic (exact) mass is 405 g/mol. The molecule has 1 atom stereocenters. The summed E-state index contributed by atoms with van der Waals surface area (Å²) in [5.41, 5.74) is 1.96.